The normalized spacial score (nSPS) is 10.6. The molecule has 0 fully saturated rings. The summed E-state index contributed by atoms with van der Waals surface area (Å²) in [4.78, 5) is 0. The molecule has 0 saturated heterocycles. The highest BCUT2D eigenvalue weighted by Crippen LogP contribution is 2.24. The van der Waals surface area contributed by atoms with Crippen LogP contribution in [0.1, 0.15) is 28.3 Å². The zero-order chi connectivity index (χ0) is 15.7. The fraction of sp³-hybridized carbons (Fsp3) is 0.250. The number of nitriles is 1. The minimum Gasteiger partial charge on any atom is -0.361 e. The maximum atomic E-state index is 9.30. The fourth-order valence-corrected chi connectivity index (χ4v) is 2.45. The number of hydrogen-bond acceptors (Lipinski definition) is 5. The summed E-state index contributed by atoms with van der Waals surface area (Å²) in [5.41, 5.74) is 4.85. The Morgan fingerprint density at radius 2 is 2.09 bits per heavy atom. The van der Waals surface area contributed by atoms with Crippen LogP contribution in [0.4, 0.5) is 0 Å². The molecule has 2 aromatic heterocycles. The molecule has 0 atom stereocenters. The molecule has 110 valence electrons. The Morgan fingerprint density at radius 1 is 1.27 bits per heavy atom. The summed E-state index contributed by atoms with van der Waals surface area (Å²) < 4.78 is 6.91. The van der Waals surface area contributed by atoms with Gasteiger partial charge in [0.1, 0.15) is 17.5 Å². The molecular formula is C16H15N5O. The van der Waals surface area contributed by atoms with Crippen molar-refractivity contribution in [1.82, 2.24) is 20.2 Å². The lowest BCUT2D eigenvalue weighted by atomic mass is 10.1. The molecule has 0 aliphatic carbocycles. The maximum absolute atomic E-state index is 9.30. The number of nitrogens with zero attached hydrogens (tertiary/aromatic N) is 5. The van der Waals surface area contributed by atoms with Gasteiger partial charge in [0.25, 0.3) is 0 Å². The second-order valence-electron chi connectivity index (χ2n) is 5.23. The highest BCUT2D eigenvalue weighted by atomic mass is 16.5. The molecule has 6 heteroatoms. The Kier molecular flexibility index (Phi) is 3.47. The van der Waals surface area contributed by atoms with Gasteiger partial charge in [0, 0.05) is 11.1 Å². The smallest absolute Gasteiger partial charge is 0.190 e. The molecule has 0 radical (unpaired) electrons. The van der Waals surface area contributed by atoms with Crippen molar-refractivity contribution in [1.29, 1.82) is 5.26 Å². The van der Waals surface area contributed by atoms with Crippen LogP contribution in [-0.4, -0.2) is 20.2 Å². The molecule has 0 unspecified atom stereocenters. The van der Waals surface area contributed by atoms with Crippen molar-refractivity contribution >= 4 is 0 Å². The van der Waals surface area contributed by atoms with Crippen LogP contribution in [0.15, 0.2) is 28.8 Å². The van der Waals surface area contributed by atoms with Gasteiger partial charge in [0.15, 0.2) is 5.69 Å². The molecule has 0 aliphatic heterocycles. The Bertz CT molecular complexity index is 850. The van der Waals surface area contributed by atoms with Gasteiger partial charge < -0.3 is 4.52 Å². The minimum absolute atomic E-state index is 0.317. The summed E-state index contributed by atoms with van der Waals surface area (Å²) >= 11 is 0. The number of aromatic nitrogens is 4. The van der Waals surface area contributed by atoms with E-state index < -0.39 is 0 Å². The van der Waals surface area contributed by atoms with E-state index in [0.717, 1.165) is 28.1 Å². The van der Waals surface area contributed by atoms with E-state index in [2.05, 4.69) is 21.5 Å². The van der Waals surface area contributed by atoms with Crippen molar-refractivity contribution in [3.63, 3.8) is 0 Å². The van der Waals surface area contributed by atoms with Gasteiger partial charge in [-0.1, -0.05) is 34.1 Å². The van der Waals surface area contributed by atoms with Crippen LogP contribution in [-0.2, 0) is 6.54 Å². The molecular weight excluding hydrogens is 278 g/mol. The molecule has 0 spiro atoms. The molecule has 1 aromatic carbocycles. The van der Waals surface area contributed by atoms with E-state index in [1.54, 1.807) is 4.68 Å². The van der Waals surface area contributed by atoms with Crippen LogP contribution in [0.5, 0.6) is 0 Å². The second-order valence-corrected chi connectivity index (χ2v) is 5.23. The topological polar surface area (TPSA) is 80.5 Å². The van der Waals surface area contributed by atoms with Crippen molar-refractivity contribution in [2.24, 2.45) is 0 Å². The molecule has 0 N–H and O–H groups in total. The van der Waals surface area contributed by atoms with E-state index >= 15 is 0 Å². The SMILES string of the molecule is Cc1cccc(-c2c(C#N)nnn2Cc2c(C)noc2C)c1. The van der Waals surface area contributed by atoms with Gasteiger partial charge in [-0.25, -0.2) is 4.68 Å². The van der Waals surface area contributed by atoms with E-state index in [4.69, 9.17) is 4.52 Å². The summed E-state index contributed by atoms with van der Waals surface area (Å²) in [5.74, 6) is 0.752. The van der Waals surface area contributed by atoms with Gasteiger partial charge >= 0.3 is 0 Å². The van der Waals surface area contributed by atoms with Gasteiger partial charge in [-0.15, -0.1) is 5.10 Å². The molecule has 3 rings (SSSR count). The average Bonchev–Trinajstić information content (AvgIpc) is 3.05. The van der Waals surface area contributed by atoms with E-state index in [1.807, 2.05) is 45.0 Å². The van der Waals surface area contributed by atoms with Crippen molar-refractivity contribution < 1.29 is 4.52 Å². The lowest BCUT2D eigenvalue weighted by Crippen LogP contribution is -2.06. The summed E-state index contributed by atoms with van der Waals surface area (Å²) in [6.45, 7) is 6.24. The Labute approximate surface area is 128 Å². The van der Waals surface area contributed by atoms with Gasteiger partial charge in [-0.05, 0) is 26.8 Å². The molecule has 0 saturated carbocycles. The molecule has 6 nitrogen and oxygen atoms in total. The average molecular weight is 293 g/mol. The first-order chi connectivity index (χ1) is 10.6. The number of benzene rings is 1. The van der Waals surface area contributed by atoms with Gasteiger partial charge in [-0.3, -0.25) is 0 Å². The molecule has 0 amide bonds. The maximum Gasteiger partial charge on any atom is 0.190 e. The molecule has 3 aromatic rings. The summed E-state index contributed by atoms with van der Waals surface area (Å²) in [5, 5.41) is 21.4. The fourth-order valence-electron chi connectivity index (χ4n) is 2.45. The van der Waals surface area contributed by atoms with Crippen LogP contribution >= 0.6 is 0 Å². The summed E-state index contributed by atoms with van der Waals surface area (Å²) in [6.07, 6.45) is 0. The summed E-state index contributed by atoms with van der Waals surface area (Å²) in [7, 11) is 0. The molecule has 22 heavy (non-hydrogen) atoms. The first-order valence-electron chi connectivity index (χ1n) is 6.92. The zero-order valence-electron chi connectivity index (χ0n) is 12.7. The third-order valence-corrected chi connectivity index (χ3v) is 3.62. The molecule has 0 bridgehead atoms. The van der Waals surface area contributed by atoms with Crippen molar-refractivity contribution in [3.05, 3.63) is 52.5 Å². The first-order valence-corrected chi connectivity index (χ1v) is 6.92. The monoisotopic (exact) mass is 293 g/mol. The lowest BCUT2D eigenvalue weighted by Gasteiger charge is -2.07. The standard InChI is InChI=1S/C16H15N5O/c1-10-5-4-6-13(7-10)16-15(8-17)18-20-21(16)9-14-11(2)19-22-12(14)3/h4-7H,9H2,1-3H3. The van der Waals surface area contributed by atoms with Crippen molar-refractivity contribution in [3.8, 4) is 17.3 Å². The largest absolute Gasteiger partial charge is 0.361 e. The van der Waals surface area contributed by atoms with Crippen LogP contribution in [0.25, 0.3) is 11.3 Å². The van der Waals surface area contributed by atoms with Gasteiger partial charge in [-0.2, -0.15) is 5.26 Å². The molecule has 0 aliphatic rings. The predicted molar refractivity (Wildman–Crippen MR) is 80.0 cm³/mol. The number of aryl methyl sites for hydroxylation is 3. The quantitative estimate of drug-likeness (QED) is 0.741. The van der Waals surface area contributed by atoms with Crippen LogP contribution < -0.4 is 0 Å². The Morgan fingerprint density at radius 3 is 2.73 bits per heavy atom. The highest BCUT2D eigenvalue weighted by Gasteiger charge is 2.18. The number of rotatable bonds is 3. The van der Waals surface area contributed by atoms with Crippen molar-refractivity contribution in [2.75, 3.05) is 0 Å². The highest BCUT2D eigenvalue weighted by molar-refractivity contribution is 5.65. The Balaban J connectivity index is 2.11. The second kappa shape index (κ2) is 5.45. The van der Waals surface area contributed by atoms with E-state index in [1.165, 1.54) is 0 Å². The van der Waals surface area contributed by atoms with Crippen molar-refractivity contribution in [2.45, 2.75) is 27.3 Å². The third-order valence-electron chi connectivity index (χ3n) is 3.62. The predicted octanol–water partition coefficient (Wildman–Crippen LogP) is 2.78. The minimum atomic E-state index is 0.317. The first kappa shape index (κ1) is 14.0. The van der Waals surface area contributed by atoms with E-state index in [0.29, 0.717) is 17.9 Å². The van der Waals surface area contributed by atoms with Crippen LogP contribution in [0.3, 0.4) is 0 Å². The third kappa shape index (κ3) is 2.37. The van der Waals surface area contributed by atoms with Gasteiger partial charge in [0.05, 0.1) is 12.2 Å². The van der Waals surface area contributed by atoms with Gasteiger partial charge in [0.2, 0.25) is 0 Å². The summed E-state index contributed by atoms with van der Waals surface area (Å²) in [6, 6.07) is 10.1. The molecule has 2 heterocycles. The van der Waals surface area contributed by atoms with E-state index in [9.17, 15) is 5.26 Å². The van der Waals surface area contributed by atoms with Crippen LogP contribution in [0.2, 0.25) is 0 Å². The zero-order valence-corrected chi connectivity index (χ0v) is 12.7. The lowest BCUT2D eigenvalue weighted by molar-refractivity contribution is 0.391. The van der Waals surface area contributed by atoms with Crippen LogP contribution in [0, 0.1) is 32.1 Å². The Hall–Kier alpha value is -2.94. The van der Waals surface area contributed by atoms with E-state index in [-0.39, 0.29) is 0 Å². The number of hydrogen-bond donors (Lipinski definition) is 0.